The van der Waals surface area contributed by atoms with Gasteiger partial charge in [0.1, 0.15) is 5.82 Å². The zero-order chi connectivity index (χ0) is 9.97. The number of aromatic nitrogens is 2. The van der Waals surface area contributed by atoms with Gasteiger partial charge in [-0.05, 0) is 39.0 Å². The van der Waals surface area contributed by atoms with E-state index < -0.39 is 0 Å². The Morgan fingerprint density at radius 1 is 1.36 bits per heavy atom. The van der Waals surface area contributed by atoms with E-state index in [-0.39, 0.29) is 6.61 Å². The van der Waals surface area contributed by atoms with Crippen molar-refractivity contribution in [2.24, 2.45) is 0 Å². The highest BCUT2D eigenvalue weighted by Gasteiger charge is 2.17. The van der Waals surface area contributed by atoms with E-state index in [9.17, 15) is 0 Å². The molecule has 3 nitrogen and oxygen atoms in total. The van der Waals surface area contributed by atoms with Crippen LogP contribution < -0.4 is 0 Å². The van der Waals surface area contributed by atoms with E-state index >= 15 is 0 Å². The fourth-order valence-corrected chi connectivity index (χ4v) is 2.26. The fourth-order valence-electron chi connectivity index (χ4n) is 2.26. The Bertz CT molecular complexity index is 317. The van der Waals surface area contributed by atoms with Gasteiger partial charge in [0.2, 0.25) is 0 Å². The van der Waals surface area contributed by atoms with Crippen molar-refractivity contribution in [3.63, 3.8) is 0 Å². The van der Waals surface area contributed by atoms with E-state index in [1.165, 1.54) is 30.7 Å². The molecular formula is C11H18N2O. The van der Waals surface area contributed by atoms with Gasteiger partial charge in [-0.3, -0.25) is 0 Å². The summed E-state index contributed by atoms with van der Waals surface area (Å²) < 4.78 is 2.28. The summed E-state index contributed by atoms with van der Waals surface area (Å²) >= 11 is 0. The molecule has 1 aromatic heterocycles. The van der Waals surface area contributed by atoms with Crippen molar-refractivity contribution in [1.29, 1.82) is 0 Å². The first kappa shape index (κ1) is 9.71. The Balaban J connectivity index is 2.24. The SMILES string of the molecule is Cc1nc2c(n1CCCO)CCCC2. The molecule has 0 atom stereocenters. The molecule has 0 saturated heterocycles. The van der Waals surface area contributed by atoms with Crippen LogP contribution in [0, 0.1) is 6.92 Å². The van der Waals surface area contributed by atoms with Gasteiger partial charge in [0.25, 0.3) is 0 Å². The number of fused-ring (bicyclic) bond motifs is 1. The Hall–Kier alpha value is -0.830. The summed E-state index contributed by atoms with van der Waals surface area (Å²) in [7, 11) is 0. The van der Waals surface area contributed by atoms with Crippen molar-refractivity contribution in [3.8, 4) is 0 Å². The molecule has 3 heteroatoms. The van der Waals surface area contributed by atoms with Crippen molar-refractivity contribution in [2.45, 2.75) is 45.6 Å². The second-order valence-electron chi connectivity index (χ2n) is 3.99. The molecule has 0 unspecified atom stereocenters. The van der Waals surface area contributed by atoms with Gasteiger partial charge in [0, 0.05) is 18.8 Å². The van der Waals surface area contributed by atoms with Gasteiger partial charge in [-0.2, -0.15) is 0 Å². The molecule has 1 N–H and O–H groups in total. The quantitative estimate of drug-likeness (QED) is 0.791. The van der Waals surface area contributed by atoms with Crippen LogP contribution in [0.4, 0.5) is 0 Å². The molecule has 0 radical (unpaired) electrons. The summed E-state index contributed by atoms with van der Waals surface area (Å²) in [5, 5.41) is 8.83. The second kappa shape index (κ2) is 4.13. The van der Waals surface area contributed by atoms with Crippen LogP contribution in [0.1, 0.15) is 36.5 Å². The number of aliphatic hydroxyl groups excluding tert-OH is 1. The highest BCUT2D eigenvalue weighted by atomic mass is 16.3. The first-order valence-corrected chi connectivity index (χ1v) is 5.48. The number of rotatable bonds is 3. The zero-order valence-electron chi connectivity index (χ0n) is 8.79. The molecule has 0 aliphatic heterocycles. The van der Waals surface area contributed by atoms with Crippen LogP contribution in [-0.4, -0.2) is 21.3 Å². The Kier molecular flexibility index (Phi) is 2.87. The summed E-state index contributed by atoms with van der Waals surface area (Å²) in [4.78, 5) is 4.59. The Labute approximate surface area is 84.8 Å². The highest BCUT2D eigenvalue weighted by molar-refractivity contribution is 5.19. The van der Waals surface area contributed by atoms with Crippen molar-refractivity contribution in [2.75, 3.05) is 6.61 Å². The van der Waals surface area contributed by atoms with E-state index in [1.807, 2.05) is 0 Å². The predicted octanol–water partition coefficient (Wildman–Crippen LogP) is 1.45. The molecular weight excluding hydrogens is 176 g/mol. The summed E-state index contributed by atoms with van der Waals surface area (Å²) in [6.45, 7) is 3.26. The third-order valence-corrected chi connectivity index (χ3v) is 2.96. The largest absolute Gasteiger partial charge is 0.396 e. The molecule has 1 aliphatic carbocycles. The third-order valence-electron chi connectivity index (χ3n) is 2.96. The number of hydrogen-bond donors (Lipinski definition) is 1. The van der Waals surface area contributed by atoms with Gasteiger partial charge in [-0.15, -0.1) is 0 Å². The van der Waals surface area contributed by atoms with Crippen LogP contribution in [0.3, 0.4) is 0 Å². The molecule has 78 valence electrons. The van der Waals surface area contributed by atoms with Crippen molar-refractivity contribution in [1.82, 2.24) is 9.55 Å². The summed E-state index contributed by atoms with van der Waals surface area (Å²) in [6, 6.07) is 0. The summed E-state index contributed by atoms with van der Waals surface area (Å²) in [5.74, 6) is 1.12. The van der Waals surface area contributed by atoms with Crippen LogP contribution in [0.25, 0.3) is 0 Å². The van der Waals surface area contributed by atoms with Crippen LogP contribution in [0.15, 0.2) is 0 Å². The Morgan fingerprint density at radius 2 is 2.14 bits per heavy atom. The van der Waals surface area contributed by atoms with Crippen LogP contribution in [0.5, 0.6) is 0 Å². The molecule has 0 aromatic carbocycles. The maximum absolute atomic E-state index is 8.83. The van der Waals surface area contributed by atoms with E-state index in [0.29, 0.717) is 0 Å². The molecule has 0 amide bonds. The topological polar surface area (TPSA) is 38.0 Å². The lowest BCUT2D eigenvalue weighted by atomic mass is 10.0. The van der Waals surface area contributed by atoms with Crippen molar-refractivity contribution < 1.29 is 5.11 Å². The van der Waals surface area contributed by atoms with Gasteiger partial charge in [0.05, 0.1) is 5.69 Å². The summed E-state index contributed by atoms with van der Waals surface area (Å²) in [6.07, 6.45) is 5.72. The smallest absolute Gasteiger partial charge is 0.106 e. The zero-order valence-corrected chi connectivity index (χ0v) is 8.79. The molecule has 0 saturated carbocycles. The van der Waals surface area contributed by atoms with Crippen LogP contribution >= 0.6 is 0 Å². The van der Waals surface area contributed by atoms with Gasteiger partial charge >= 0.3 is 0 Å². The van der Waals surface area contributed by atoms with Crippen molar-refractivity contribution in [3.05, 3.63) is 17.2 Å². The lowest BCUT2D eigenvalue weighted by Crippen LogP contribution is -2.10. The summed E-state index contributed by atoms with van der Waals surface area (Å²) in [5.41, 5.74) is 2.72. The minimum atomic E-state index is 0.270. The first-order chi connectivity index (χ1) is 6.83. The number of aliphatic hydroxyl groups is 1. The maximum Gasteiger partial charge on any atom is 0.106 e. The van der Waals surface area contributed by atoms with E-state index in [0.717, 1.165) is 25.2 Å². The average Bonchev–Trinajstić information content (AvgIpc) is 2.51. The molecule has 1 heterocycles. The standard InChI is InChI=1S/C11H18N2O/c1-9-12-10-5-2-3-6-11(10)13(9)7-4-8-14/h14H,2-8H2,1H3. The third kappa shape index (κ3) is 1.69. The number of aryl methyl sites for hydroxylation is 2. The average molecular weight is 194 g/mol. The maximum atomic E-state index is 8.83. The van der Waals surface area contributed by atoms with Crippen LogP contribution in [-0.2, 0) is 19.4 Å². The van der Waals surface area contributed by atoms with Crippen LogP contribution in [0.2, 0.25) is 0 Å². The minimum absolute atomic E-state index is 0.270. The second-order valence-corrected chi connectivity index (χ2v) is 3.99. The van der Waals surface area contributed by atoms with E-state index in [4.69, 9.17) is 5.11 Å². The van der Waals surface area contributed by atoms with Gasteiger partial charge < -0.3 is 9.67 Å². The number of nitrogens with zero attached hydrogens (tertiary/aromatic N) is 2. The molecule has 0 bridgehead atoms. The highest BCUT2D eigenvalue weighted by Crippen LogP contribution is 2.22. The number of imidazole rings is 1. The van der Waals surface area contributed by atoms with E-state index in [2.05, 4.69) is 16.5 Å². The predicted molar refractivity (Wildman–Crippen MR) is 55.3 cm³/mol. The Morgan fingerprint density at radius 3 is 2.93 bits per heavy atom. The molecule has 14 heavy (non-hydrogen) atoms. The van der Waals surface area contributed by atoms with Gasteiger partial charge in [-0.1, -0.05) is 0 Å². The minimum Gasteiger partial charge on any atom is -0.396 e. The number of hydrogen-bond acceptors (Lipinski definition) is 2. The monoisotopic (exact) mass is 194 g/mol. The fraction of sp³-hybridized carbons (Fsp3) is 0.727. The normalized spacial score (nSPS) is 15.6. The molecule has 0 spiro atoms. The lowest BCUT2D eigenvalue weighted by molar-refractivity contribution is 0.278. The first-order valence-electron chi connectivity index (χ1n) is 5.48. The van der Waals surface area contributed by atoms with Gasteiger partial charge in [-0.25, -0.2) is 4.98 Å². The van der Waals surface area contributed by atoms with Gasteiger partial charge in [0.15, 0.2) is 0 Å². The molecule has 0 fully saturated rings. The van der Waals surface area contributed by atoms with Crippen molar-refractivity contribution >= 4 is 0 Å². The molecule has 1 aliphatic rings. The molecule has 2 rings (SSSR count). The molecule has 1 aromatic rings. The lowest BCUT2D eigenvalue weighted by Gasteiger charge is -2.14. The van der Waals surface area contributed by atoms with E-state index in [1.54, 1.807) is 0 Å².